The summed E-state index contributed by atoms with van der Waals surface area (Å²) in [6.45, 7) is 0.377. The van der Waals surface area contributed by atoms with Gasteiger partial charge in [0.15, 0.2) is 0 Å². The highest BCUT2D eigenvalue weighted by atomic mass is 32.2. The molecule has 168 valence electrons. The first kappa shape index (κ1) is 23.1. The number of anilines is 1. The molecule has 0 fully saturated rings. The highest BCUT2D eigenvalue weighted by molar-refractivity contribution is 7.92. The third-order valence-corrected chi connectivity index (χ3v) is 5.57. The third kappa shape index (κ3) is 6.71. The summed E-state index contributed by atoms with van der Waals surface area (Å²) in [6.07, 6.45) is -0.956. The number of amides is 1. The lowest BCUT2D eigenvalue weighted by molar-refractivity contribution is -0.274. The van der Waals surface area contributed by atoms with Crippen LogP contribution in [0.15, 0.2) is 78.0 Å². The first-order valence-electron chi connectivity index (χ1n) is 9.28. The van der Waals surface area contributed by atoms with Crippen LogP contribution in [0, 0.1) is 0 Å². The highest BCUT2D eigenvalue weighted by Crippen LogP contribution is 2.26. The van der Waals surface area contributed by atoms with Crippen LogP contribution in [0.4, 0.5) is 18.9 Å². The lowest BCUT2D eigenvalue weighted by Crippen LogP contribution is -2.25. The van der Waals surface area contributed by atoms with Crippen molar-refractivity contribution in [2.75, 3.05) is 11.3 Å². The van der Waals surface area contributed by atoms with Crippen molar-refractivity contribution in [3.05, 3.63) is 84.2 Å². The van der Waals surface area contributed by atoms with Crippen LogP contribution in [-0.4, -0.2) is 32.2 Å². The van der Waals surface area contributed by atoms with Crippen LogP contribution in [0.2, 0.25) is 0 Å². The zero-order chi connectivity index (χ0) is 23.2. The Labute approximate surface area is 182 Å². The van der Waals surface area contributed by atoms with Gasteiger partial charge in [-0.2, -0.15) is 0 Å². The number of sulfonamides is 1. The molecule has 32 heavy (non-hydrogen) atoms. The van der Waals surface area contributed by atoms with E-state index >= 15 is 0 Å². The minimum absolute atomic E-state index is 0.107. The average Bonchev–Trinajstić information content (AvgIpc) is 2.73. The molecule has 0 saturated carbocycles. The van der Waals surface area contributed by atoms with Crippen molar-refractivity contribution < 1.29 is 31.1 Å². The number of nitrogens with one attached hydrogen (secondary N) is 2. The van der Waals surface area contributed by atoms with Gasteiger partial charge in [-0.25, -0.2) is 8.42 Å². The molecular formula is C21H18F3N3O4S. The molecule has 0 aliphatic rings. The second-order valence-corrected chi connectivity index (χ2v) is 8.26. The monoisotopic (exact) mass is 465 g/mol. The molecule has 1 heterocycles. The topological polar surface area (TPSA) is 97.4 Å². The van der Waals surface area contributed by atoms with Crippen molar-refractivity contribution >= 4 is 21.6 Å². The number of hydrogen-bond acceptors (Lipinski definition) is 5. The van der Waals surface area contributed by atoms with E-state index in [-0.39, 0.29) is 22.1 Å². The SMILES string of the molecule is O=C(NCCc1cccnc1)c1ccc(S(=O)(=O)Nc2cccc(OC(F)(F)F)c2)cc1. The van der Waals surface area contributed by atoms with E-state index in [0.717, 1.165) is 17.7 Å². The van der Waals surface area contributed by atoms with E-state index in [9.17, 15) is 26.4 Å². The number of halogens is 3. The minimum Gasteiger partial charge on any atom is -0.406 e. The predicted octanol–water partition coefficient (Wildman–Crippen LogP) is 3.75. The molecule has 0 aliphatic carbocycles. The van der Waals surface area contributed by atoms with Gasteiger partial charge in [0.25, 0.3) is 15.9 Å². The summed E-state index contributed by atoms with van der Waals surface area (Å²) in [7, 11) is -4.09. The van der Waals surface area contributed by atoms with E-state index in [1.165, 1.54) is 36.4 Å². The second kappa shape index (κ2) is 9.69. The highest BCUT2D eigenvalue weighted by Gasteiger charge is 2.31. The summed E-state index contributed by atoms with van der Waals surface area (Å²) in [5, 5.41) is 2.73. The number of pyridine rings is 1. The van der Waals surface area contributed by atoms with E-state index in [1.807, 2.05) is 6.07 Å². The van der Waals surface area contributed by atoms with Gasteiger partial charge in [0, 0.05) is 30.6 Å². The molecule has 3 aromatic rings. The molecule has 11 heteroatoms. The van der Waals surface area contributed by atoms with E-state index in [2.05, 4.69) is 19.8 Å². The maximum Gasteiger partial charge on any atom is 0.573 e. The van der Waals surface area contributed by atoms with Crippen molar-refractivity contribution in [1.29, 1.82) is 0 Å². The van der Waals surface area contributed by atoms with Crippen molar-refractivity contribution in [2.24, 2.45) is 0 Å². The quantitative estimate of drug-likeness (QED) is 0.528. The van der Waals surface area contributed by atoms with Gasteiger partial charge in [0.05, 0.1) is 10.6 Å². The summed E-state index contributed by atoms with van der Waals surface area (Å²) < 4.78 is 68.1. The molecule has 2 N–H and O–H groups in total. The average molecular weight is 465 g/mol. The Balaban J connectivity index is 1.62. The molecule has 0 unspecified atom stereocenters. The fourth-order valence-electron chi connectivity index (χ4n) is 2.72. The summed E-state index contributed by atoms with van der Waals surface area (Å²) in [6, 6.07) is 13.3. The fraction of sp³-hybridized carbons (Fsp3) is 0.143. The molecule has 0 saturated heterocycles. The van der Waals surface area contributed by atoms with Crippen LogP contribution >= 0.6 is 0 Å². The summed E-state index contributed by atoms with van der Waals surface area (Å²) in [4.78, 5) is 16.1. The van der Waals surface area contributed by atoms with Crippen LogP contribution in [0.1, 0.15) is 15.9 Å². The van der Waals surface area contributed by atoms with Crippen LogP contribution in [0.3, 0.4) is 0 Å². The van der Waals surface area contributed by atoms with E-state index < -0.39 is 22.1 Å². The molecule has 1 aromatic heterocycles. The number of rotatable bonds is 8. The molecule has 2 aromatic carbocycles. The van der Waals surface area contributed by atoms with Gasteiger partial charge in [-0.1, -0.05) is 12.1 Å². The van der Waals surface area contributed by atoms with Crippen molar-refractivity contribution in [3.8, 4) is 5.75 Å². The number of nitrogens with zero attached hydrogens (tertiary/aromatic N) is 1. The van der Waals surface area contributed by atoms with Gasteiger partial charge in [-0.3, -0.25) is 14.5 Å². The number of carbonyl (C=O) groups excluding carboxylic acids is 1. The number of aromatic nitrogens is 1. The van der Waals surface area contributed by atoms with E-state index in [0.29, 0.717) is 13.0 Å². The van der Waals surface area contributed by atoms with E-state index in [4.69, 9.17) is 0 Å². The van der Waals surface area contributed by atoms with Gasteiger partial charge < -0.3 is 10.1 Å². The first-order chi connectivity index (χ1) is 15.1. The van der Waals surface area contributed by atoms with Gasteiger partial charge in [-0.05, 0) is 54.4 Å². The van der Waals surface area contributed by atoms with E-state index in [1.54, 1.807) is 18.5 Å². The smallest absolute Gasteiger partial charge is 0.406 e. The molecule has 0 radical (unpaired) electrons. The van der Waals surface area contributed by atoms with Crippen molar-refractivity contribution in [1.82, 2.24) is 10.3 Å². The van der Waals surface area contributed by atoms with Gasteiger partial charge >= 0.3 is 6.36 Å². The summed E-state index contributed by atoms with van der Waals surface area (Å²) in [5.74, 6) is -0.932. The number of benzene rings is 2. The minimum atomic E-state index is -4.90. The Morgan fingerprint density at radius 1 is 1.03 bits per heavy atom. The number of carbonyl (C=O) groups is 1. The van der Waals surface area contributed by atoms with Crippen LogP contribution in [0.5, 0.6) is 5.75 Å². The van der Waals surface area contributed by atoms with Gasteiger partial charge in [-0.15, -0.1) is 13.2 Å². The molecule has 3 rings (SSSR count). The normalized spacial score (nSPS) is 11.6. The van der Waals surface area contributed by atoms with Crippen molar-refractivity contribution in [3.63, 3.8) is 0 Å². The van der Waals surface area contributed by atoms with Gasteiger partial charge in [0.1, 0.15) is 5.75 Å². The molecule has 7 nitrogen and oxygen atoms in total. The Kier molecular flexibility index (Phi) is 6.98. The number of ether oxygens (including phenoxy) is 1. The Morgan fingerprint density at radius 3 is 2.44 bits per heavy atom. The van der Waals surface area contributed by atoms with Crippen LogP contribution in [0.25, 0.3) is 0 Å². The zero-order valence-corrected chi connectivity index (χ0v) is 17.3. The Hall–Kier alpha value is -3.60. The second-order valence-electron chi connectivity index (χ2n) is 6.57. The third-order valence-electron chi connectivity index (χ3n) is 4.17. The largest absolute Gasteiger partial charge is 0.573 e. The standard InChI is InChI=1S/C21H18F3N3O4S/c22-21(23,24)31-18-5-1-4-17(13-18)27-32(29,30)19-8-6-16(7-9-19)20(28)26-12-10-15-3-2-11-25-14-15/h1-9,11,13-14,27H,10,12H2,(H,26,28). The van der Waals surface area contributed by atoms with Crippen LogP contribution < -0.4 is 14.8 Å². The van der Waals surface area contributed by atoms with Gasteiger partial charge in [0.2, 0.25) is 0 Å². The molecule has 1 amide bonds. The maximum absolute atomic E-state index is 12.5. The Bertz CT molecular complexity index is 1170. The summed E-state index contributed by atoms with van der Waals surface area (Å²) in [5.41, 5.74) is 1.12. The maximum atomic E-state index is 12.5. The first-order valence-corrected chi connectivity index (χ1v) is 10.8. The Morgan fingerprint density at radius 2 is 1.78 bits per heavy atom. The number of hydrogen-bond donors (Lipinski definition) is 2. The lowest BCUT2D eigenvalue weighted by atomic mass is 10.2. The lowest BCUT2D eigenvalue weighted by Gasteiger charge is -2.12. The molecule has 0 bridgehead atoms. The fourth-order valence-corrected chi connectivity index (χ4v) is 3.77. The molecular weight excluding hydrogens is 447 g/mol. The van der Waals surface area contributed by atoms with Crippen LogP contribution in [-0.2, 0) is 16.4 Å². The molecule has 0 spiro atoms. The summed E-state index contributed by atoms with van der Waals surface area (Å²) >= 11 is 0. The number of alkyl halides is 3. The zero-order valence-electron chi connectivity index (χ0n) is 16.5. The predicted molar refractivity (Wildman–Crippen MR) is 111 cm³/mol. The van der Waals surface area contributed by atoms with Crippen molar-refractivity contribution in [2.45, 2.75) is 17.7 Å². The molecule has 0 atom stereocenters. The molecule has 0 aliphatic heterocycles.